The van der Waals surface area contributed by atoms with Gasteiger partial charge in [-0.05, 0) is 39.2 Å². The Bertz CT molecular complexity index is 157. The van der Waals surface area contributed by atoms with Gasteiger partial charge in [-0.25, -0.2) is 0 Å². The molecule has 96 valence electrons. The molecule has 0 aromatic carbocycles. The van der Waals surface area contributed by atoms with E-state index < -0.39 is 0 Å². The van der Waals surface area contributed by atoms with Crippen LogP contribution in [0.5, 0.6) is 0 Å². The van der Waals surface area contributed by atoms with Crippen LogP contribution in [0.15, 0.2) is 0 Å². The van der Waals surface area contributed by atoms with Crippen LogP contribution in [0.25, 0.3) is 0 Å². The van der Waals surface area contributed by atoms with Crippen LogP contribution < -0.4 is 5.32 Å². The van der Waals surface area contributed by atoms with Gasteiger partial charge in [-0.3, -0.25) is 0 Å². The van der Waals surface area contributed by atoms with Crippen molar-refractivity contribution in [1.29, 1.82) is 0 Å². The molecule has 0 bridgehead atoms. The molecule has 2 nitrogen and oxygen atoms in total. The maximum absolute atomic E-state index is 5.78. The van der Waals surface area contributed by atoms with Crippen molar-refractivity contribution in [3.8, 4) is 0 Å². The number of unbranched alkanes of at least 4 members (excludes halogenated alkanes) is 3. The summed E-state index contributed by atoms with van der Waals surface area (Å²) in [4.78, 5) is 0. The first-order chi connectivity index (χ1) is 7.83. The Hall–Kier alpha value is -0.0800. The number of hydrogen-bond acceptors (Lipinski definition) is 2. The Kier molecular flexibility index (Phi) is 7.87. The van der Waals surface area contributed by atoms with Gasteiger partial charge in [0.15, 0.2) is 0 Å². The van der Waals surface area contributed by atoms with Crippen LogP contribution in [0.3, 0.4) is 0 Å². The maximum Gasteiger partial charge on any atom is 0.0547 e. The third kappa shape index (κ3) is 8.12. The molecule has 0 aliphatic heterocycles. The zero-order chi connectivity index (χ0) is 11.6. The van der Waals surface area contributed by atoms with Gasteiger partial charge in [-0.1, -0.05) is 32.6 Å². The van der Waals surface area contributed by atoms with E-state index in [1.807, 2.05) is 0 Å². The van der Waals surface area contributed by atoms with Crippen molar-refractivity contribution in [3.63, 3.8) is 0 Å². The quantitative estimate of drug-likeness (QED) is 0.545. The molecule has 0 amide bonds. The molecular weight excluding hydrogens is 198 g/mol. The molecule has 1 rings (SSSR count). The van der Waals surface area contributed by atoms with E-state index in [1.54, 1.807) is 0 Å². The smallest absolute Gasteiger partial charge is 0.0547 e. The second-order valence-electron chi connectivity index (χ2n) is 5.11. The minimum Gasteiger partial charge on any atom is -0.378 e. The van der Waals surface area contributed by atoms with E-state index in [0.29, 0.717) is 6.10 Å². The molecule has 1 unspecified atom stereocenters. The topological polar surface area (TPSA) is 21.3 Å². The predicted octanol–water partition coefficient (Wildman–Crippen LogP) is 3.50. The first-order valence-corrected chi connectivity index (χ1v) is 7.18. The molecule has 16 heavy (non-hydrogen) atoms. The van der Waals surface area contributed by atoms with Crippen molar-refractivity contribution >= 4 is 0 Å². The molecule has 0 aromatic heterocycles. The minimum atomic E-state index is 0.456. The molecule has 0 radical (unpaired) electrons. The van der Waals surface area contributed by atoms with Crippen LogP contribution in [0.2, 0.25) is 0 Å². The zero-order valence-electron chi connectivity index (χ0n) is 11.1. The summed E-state index contributed by atoms with van der Waals surface area (Å²) in [6, 6.07) is 0.839. The van der Waals surface area contributed by atoms with Crippen molar-refractivity contribution in [2.75, 3.05) is 13.2 Å². The van der Waals surface area contributed by atoms with E-state index in [1.165, 1.54) is 44.9 Å². The number of rotatable bonds is 11. The lowest BCUT2D eigenvalue weighted by Gasteiger charge is -2.12. The van der Waals surface area contributed by atoms with Gasteiger partial charge >= 0.3 is 0 Å². The van der Waals surface area contributed by atoms with E-state index in [0.717, 1.165) is 25.6 Å². The summed E-state index contributed by atoms with van der Waals surface area (Å²) in [5, 5.41) is 3.51. The molecule has 1 N–H and O–H groups in total. The van der Waals surface area contributed by atoms with Crippen molar-refractivity contribution in [1.82, 2.24) is 5.32 Å². The Balaban J connectivity index is 1.75. The first kappa shape index (κ1) is 14.0. The summed E-state index contributed by atoms with van der Waals surface area (Å²) >= 11 is 0. The van der Waals surface area contributed by atoms with Gasteiger partial charge in [-0.2, -0.15) is 0 Å². The van der Waals surface area contributed by atoms with Gasteiger partial charge in [0, 0.05) is 12.6 Å². The summed E-state index contributed by atoms with van der Waals surface area (Å²) in [6.45, 7) is 6.52. The highest BCUT2D eigenvalue weighted by molar-refractivity contribution is 4.80. The molecule has 0 heterocycles. The summed E-state index contributed by atoms with van der Waals surface area (Å²) < 4.78 is 5.78. The molecule has 0 saturated heterocycles. The van der Waals surface area contributed by atoms with Crippen LogP contribution >= 0.6 is 0 Å². The fourth-order valence-corrected chi connectivity index (χ4v) is 1.89. The van der Waals surface area contributed by atoms with E-state index in [9.17, 15) is 0 Å². The molecule has 0 spiro atoms. The maximum atomic E-state index is 5.78. The van der Waals surface area contributed by atoms with Gasteiger partial charge in [0.25, 0.3) is 0 Å². The third-order valence-corrected chi connectivity index (χ3v) is 3.20. The summed E-state index contributed by atoms with van der Waals surface area (Å²) in [6.07, 6.45) is 11.0. The van der Waals surface area contributed by atoms with Gasteiger partial charge in [0.05, 0.1) is 6.10 Å². The van der Waals surface area contributed by atoms with Crippen LogP contribution in [0.1, 0.15) is 65.2 Å². The standard InChI is InChI=1S/C14H29NO/c1-3-4-5-6-8-13(2)16-12-7-11-15-14-9-10-14/h13-15H,3-12H2,1-2H3. The van der Waals surface area contributed by atoms with Gasteiger partial charge in [-0.15, -0.1) is 0 Å². The highest BCUT2D eigenvalue weighted by Crippen LogP contribution is 2.18. The minimum absolute atomic E-state index is 0.456. The number of hydrogen-bond donors (Lipinski definition) is 1. The zero-order valence-corrected chi connectivity index (χ0v) is 11.1. The lowest BCUT2D eigenvalue weighted by Crippen LogP contribution is -2.20. The Morgan fingerprint density at radius 2 is 2.00 bits per heavy atom. The second-order valence-corrected chi connectivity index (χ2v) is 5.11. The molecule has 0 aromatic rings. The predicted molar refractivity (Wildman–Crippen MR) is 69.8 cm³/mol. The summed E-state index contributed by atoms with van der Waals surface area (Å²) in [5.41, 5.74) is 0. The first-order valence-electron chi connectivity index (χ1n) is 7.18. The average Bonchev–Trinajstić information content (AvgIpc) is 3.08. The van der Waals surface area contributed by atoms with Crippen LogP contribution in [-0.4, -0.2) is 25.3 Å². The lowest BCUT2D eigenvalue weighted by molar-refractivity contribution is 0.0569. The highest BCUT2D eigenvalue weighted by atomic mass is 16.5. The highest BCUT2D eigenvalue weighted by Gasteiger charge is 2.19. The van der Waals surface area contributed by atoms with E-state index in [2.05, 4.69) is 19.2 Å². The normalized spacial score (nSPS) is 17.6. The average molecular weight is 227 g/mol. The third-order valence-electron chi connectivity index (χ3n) is 3.20. The fourth-order valence-electron chi connectivity index (χ4n) is 1.89. The fraction of sp³-hybridized carbons (Fsp3) is 1.00. The van der Waals surface area contributed by atoms with E-state index in [-0.39, 0.29) is 0 Å². The van der Waals surface area contributed by atoms with Crippen molar-refractivity contribution in [2.45, 2.75) is 77.4 Å². The van der Waals surface area contributed by atoms with Crippen molar-refractivity contribution in [2.24, 2.45) is 0 Å². The van der Waals surface area contributed by atoms with Gasteiger partial charge in [0.2, 0.25) is 0 Å². The van der Waals surface area contributed by atoms with Gasteiger partial charge in [0.1, 0.15) is 0 Å². The van der Waals surface area contributed by atoms with Crippen LogP contribution in [0.4, 0.5) is 0 Å². The molecule has 1 aliphatic rings. The van der Waals surface area contributed by atoms with Crippen molar-refractivity contribution < 1.29 is 4.74 Å². The summed E-state index contributed by atoms with van der Waals surface area (Å²) in [5.74, 6) is 0. The van der Waals surface area contributed by atoms with E-state index >= 15 is 0 Å². The SMILES string of the molecule is CCCCCCC(C)OCCCNC1CC1. The monoisotopic (exact) mass is 227 g/mol. The largest absolute Gasteiger partial charge is 0.378 e. The molecule has 1 atom stereocenters. The summed E-state index contributed by atoms with van der Waals surface area (Å²) in [7, 11) is 0. The van der Waals surface area contributed by atoms with E-state index in [4.69, 9.17) is 4.74 Å². The number of nitrogens with one attached hydrogen (secondary N) is 1. The second kappa shape index (κ2) is 9.00. The molecule has 1 saturated carbocycles. The Morgan fingerprint density at radius 3 is 2.69 bits per heavy atom. The molecule has 1 aliphatic carbocycles. The van der Waals surface area contributed by atoms with Crippen LogP contribution in [-0.2, 0) is 4.74 Å². The Morgan fingerprint density at radius 1 is 1.19 bits per heavy atom. The van der Waals surface area contributed by atoms with Crippen LogP contribution in [0, 0.1) is 0 Å². The molecule has 1 fully saturated rings. The lowest BCUT2D eigenvalue weighted by atomic mass is 10.1. The Labute approximate surface area is 101 Å². The van der Waals surface area contributed by atoms with Gasteiger partial charge < -0.3 is 10.1 Å². The molecular formula is C14H29NO. The molecule has 2 heteroatoms. The van der Waals surface area contributed by atoms with Crippen molar-refractivity contribution in [3.05, 3.63) is 0 Å². The number of ether oxygens (including phenoxy) is 1.